The second kappa shape index (κ2) is 9.58. The molecular formula is C31H50O5. The van der Waals surface area contributed by atoms with Gasteiger partial charge in [-0.25, -0.2) is 0 Å². The highest BCUT2D eigenvalue weighted by Gasteiger charge is 2.59. The van der Waals surface area contributed by atoms with E-state index in [1.54, 1.807) is 0 Å². The molecule has 6 bridgehead atoms. The van der Waals surface area contributed by atoms with Crippen LogP contribution in [0.4, 0.5) is 0 Å². The molecule has 0 amide bonds. The number of ether oxygens (including phenoxy) is 2. The Kier molecular flexibility index (Phi) is 7.05. The van der Waals surface area contributed by atoms with E-state index < -0.39 is 5.60 Å². The zero-order valence-electron chi connectivity index (χ0n) is 23.4. The van der Waals surface area contributed by atoms with Crippen LogP contribution < -0.4 is 0 Å². The second-order valence-electron chi connectivity index (χ2n) is 14.4. The highest BCUT2D eigenvalue weighted by molar-refractivity contribution is 5.76. The molecule has 5 nitrogen and oxygen atoms in total. The van der Waals surface area contributed by atoms with Gasteiger partial charge in [0.1, 0.15) is 11.7 Å². The van der Waals surface area contributed by atoms with E-state index in [1.807, 2.05) is 27.7 Å². The molecular weight excluding hydrogens is 452 g/mol. The average Bonchev–Trinajstić information content (AvgIpc) is 3.51. The zero-order chi connectivity index (χ0) is 25.9. The maximum atomic E-state index is 12.2. The second-order valence-corrected chi connectivity index (χ2v) is 14.4. The Labute approximate surface area is 218 Å². The van der Waals surface area contributed by atoms with Gasteiger partial charge >= 0.3 is 11.9 Å². The number of fused-ring (bicyclic) bond motifs is 5. The fourth-order valence-corrected chi connectivity index (χ4v) is 9.31. The molecule has 0 aromatic rings. The lowest BCUT2D eigenvalue weighted by Crippen LogP contribution is -2.60. The fourth-order valence-electron chi connectivity index (χ4n) is 9.31. The molecule has 7 fully saturated rings. The summed E-state index contributed by atoms with van der Waals surface area (Å²) in [6.45, 7) is 10.0. The van der Waals surface area contributed by atoms with Crippen molar-refractivity contribution in [2.45, 2.75) is 135 Å². The molecule has 8 atom stereocenters. The minimum atomic E-state index is -0.542. The Morgan fingerprint density at radius 1 is 0.972 bits per heavy atom. The van der Waals surface area contributed by atoms with Crippen LogP contribution in [0.5, 0.6) is 0 Å². The molecule has 1 N–H and O–H groups in total. The molecule has 36 heavy (non-hydrogen) atoms. The third-order valence-electron chi connectivity index (χ3n) is 11.4. The first-order chi connectivity index (χ1) is 17.0. The van der Waals surface area contributed by atoms with E-state index in [2.05, 4.69) is 6.92 Å². The van der Waals surface area contributed by atoms with Crippen LogP contribution in [0.3, 0.4) is 0 Å². The van der Waals surface area contributed by atoms with Crippen molar-refractivity contribution in [3.63, 3.8) is 0 Å². The van der Waals surface area contributed by atoms with Gasteiger partial charge < -0.3 is 14.6 Å². The highest BCUT2D eigenvalue weighted by atomic mass is 16.6. The smallest absolute Gasteiger partial charge is 0.311 e. The van der Waals surface area contributed by atoms with Crippen molar-refractivity contribution in [1.82, 2.24) is 0 Å². The Bertz CT molecular complexity index is 834. The molecule has 0 aromatic heterocycles. The molecule has 7 aliphatic rings. The van der Waals surface area contributed by atoms with Gasteiger partial charge in [0.15, 0.2) is 0 Å². The van der Waals surface area contributed by atoms with E-state index in [4.69, 9.17) is 9.47 Å². The van der Waals surface area contributed by atoms with Crippen LogP contribution in [-0.4, -0.2) is 34.4 Å². The third-order valence-corrected chi connectivity index (χ3v) is 11.4. The minimum absolute atomic E-state index is 0.0207. The number of carbonyl (C=O) groups excluding carboxylic acids is 2. The van der Waals surface area contributed by atoms with E-state index in [1.165, 1.54) is 32.1 Å². The maximum absolute atomic E-state index is 12.2. The zero-order valence-corrected chi connectivity index (χ0v) is 23.4. The molecule has 0 heterocycles. The maximum Gasteiger partial charge on any atom is 0.311 e. The van der Waals surface area contributed by atoms with Crippen LogP contribution in [0.15, 0.2) is 0 Å². The lowest BCUT2D eigenvalue weighted by atomic mass is 9.52. The number of hydrogen-bond donors (Lipinski definition) is 1. The van der Waals surface area contributed by atoms with Crippen molar-refractivity contribution >= 4 is 11.9 Å². The van der Waals surface area contributed by atoms with Gasteiger partial charge in [0.05, 0.1) is 16.9 Å². The van der Waals surface area contributed by atoms with Gasteiger partial charge in [0, 0.05) is 6.42 Å². The van der Waals surface area contributed by atoms with Gasteiger partial charge in [-0.2, -0.15) is 0 Å². The highest BCUT2D eigenvalue weighted by Crippen LogP contribution is 2.60. The van der Waals surface area contributed by atoms with Crippen molar-refractivity contribution in [3.05, 3.63) is 0 Å². The molecule has 0 spiro atoms. The van der Waals surface area contributed by atoms with E-state index in [0.29, 0.717) is 24.2 Å². The SMILES string of the molecule is CCC(C)(C)C(=O)OC1CC2CC1C1CCCC21.CCC(C)C(=O)OC12CC3CC(CC(O)(C3)C1)C2. The average molecular weight is 503 g/mol. The quantitative estimate of drug-likeness (QED) is 0.423. The molecule has 204 valence electrons. The molecule has 7 rings (SSSR count). The predicted octanol–water partition coefficient (Wildman–Crippen LogP) is 6.45. The number of hydrogen-bond acceptors (Lipinski definition) is 5. The first-order valence-corrected chi connectivity index (χ1v) is 15.1. The normalized spacial score (nSPS) is 44.6. The Hall–Kier alpha value is -1.10. The van der Waals surface area contributed by atoms with E-state index >= 15 is 0 Å². The van der Waals surface area contributed by atoms with Crippen LogP contribution in [0.1, 0.15) is 118 Å². The lowest BCUT2D eigenvalue weighted by Gasteiger charge is -2.59. The lowest BCUT2D eigenvalue weighted by molar-refractivity contribution is -0.222. The van der Waals surface area contributed by atoms with Crippen LogP contribution in [-0.2, 0) is 19.1 Å². The summed E-state index contributed by atoms with van der Waals surface area (Å²) in [7, 11) is 0. The standard InChI is InChI=1S/C16H26O2.C15H24O3/c1-4-16(2,3)15(17)18-14-9-10-8-13(14)12-7-5-6-11(10)12;1-3-10(2)13(16)18-15-7-11-4-12(8-15)6-14(17,5-11)9-15/h10-14H,4-9H2,1-3H3;10-12,17H,3-9H2,1-2H3. The third kappa shape index (κ3) is 4.87. The Morgan fingerprint density at radius 3 is 2.25 bits per heavy atom. The van der Waals surface area contributed by atoms with Gasteiger partial charge in [-0.15, -0.1) is 0 Å². The first kappa shape index (κ1) is 26.5. The topological polar surface area (TPSA) is 72.8 Å². The first-order valence-electron chi connectivity index (χ1n) is 15.1. The summed E-state index contributed by atoms with van der Waals surface area (Å²) in [5.41, 5.74) is -1.18. The van der Waals surface area contributed by atoms with Gasteiger partial charge in [0.25, 0.3) is 0 Å². The molecule has 0 radical (unpaired) electrons. The van der Waals surface area contributed by atoms with Crippen LogP contribution in [0, 0.1) is 46.8 Å². The van der Waals surface area contributed by atoms with Gasteiger partial charge in [-0.3, -0.25) is 9.59 Å². The summed E-state index contributed by atoms with van der Waals surface area (Å²) in [4.78, 5) is 24.3. The van der Waals surface area contributed by atoms with Gasteiger partial charge in [0.2, 0.25) is 0 Å². The number of esters is 2. The van der Waals surface area contributed by atoms with E-state index in [9.17, 15) is 14.7 Å². The molecule has 0 saturated heterocycles. The van der Waals surface area contributed by atoms with Crippen molar-refractivity contribution in [3.8, 4) is 0 Å². The number of carbonyl (C=O) groups is 2. The predicted molar refractivity (Wildman–Crippen MR) is 139 cm³/mol. The van der Waals surface area contributed by atoms with E-state index in [0.717, 1.165) is 62.7 Å². The van der Waals surface area contributed by atoms with Crippen molar-refractivity contribution < 1.29 is 24.2 Å². The Morgan fingerprint density at radius 2 is 1.64 bits per heavy atom. The molecule has 0 aromatic carbocycles. The monoisotopic (exact) mass is 502 g/mol. The van der Waals surface area contributed by atoms with Crippen LogP contribution >= 0.6 is 0 Å². The molecule has 7 aliphatic carbocycles. The summed E-state index contributed by atoms with van der Waals surface area (Å²) in [6, 6.07) is 0. The minimum Gasteiger partial charge on any atom is -0.462 e. The molecule has 7 saturated carbocycles. The summed E-state index contributed by atoms with van der Waals surface area (Å²) in [6.07, 6.45) is 14.4. The van der Waals surface area contributed by atoms with Gasteiger partial charge in [-0.05, 0) is 120 Å². The van der Waals surface area contributed by atoms with Gasteiger partial charge in [-0.1, -0.05) is 27.2 Å². The summed E-state index contributed by atoms with van der Waals surface area (Å²) in [5, 5.41) is 10.6. The number of aliphatic hydroxyl groups is 1. The van der Waals surface area contributed by atoms with Crippen molar-refractivity contribution in [1.29, 1.82) is 0 Å². The van der Waals surface area contributed by atoms with E-state index in [-0.39, 0.29) is 35.0 Å². The Balaban J connectivity index is 0.000000148. The summed E-state index contributed by atoms with van der Waals surface area (Å²) in [5.74, 6) is 4.49. The number of rotatable bonds is 6. The van der Waals surface area contributed by atoms with Crippen molar-refractivity contribution in [2.24, 2.45) is 46.8 Å². The van der Waals surface area contributed by atoms with Crippen LogP contribution in [0.2, 0.25) is 0 Å². The molecule has 5 heteroatoms. The van der Waals surface area contributed by atoms with Crippen LogP contribution in [0.25, 0.3) is 0 Å². The molecule has 0 aliphatic heterocycles. The molecule has 8 unspecified atom stereocenters. The largest absolute Gasteiger partial charge is 0.462 e. The van der Waals surface area contributed by atoms with Crippen molar-refractivity contribution in [2.75, 3.05) is 0 Å². The summed E-state index contributed by atoms with van der Waals surface area (Å²) < 4.78 is 11.7. The summed E-state index contributed by atoms with van der Waals surface area (Å²) >= 11 is 0. The fraction of sp³-hybridized carbons (Fsp3) is 0.935.